The van der Waals surface area contributed by atoms with Crippen molar-refractivity contribution in [1.82, 2.24) is 5.32 Å². The zero-order valence-corrected chi connectivity index (χ0v) is 8.72. The molecule has 0 radical (unpaired) electrons. The van der Waals surface area contributed by atoms with Crippen molar-refractivity contribution in [2.75, 3.05) is 18.1 Å². The van der Waals surface area contributed by atoms with Crippen molar-refractivity contribution in [3.8, 4) is 0 Å². The van der Waals surface area contributed by atoms with Gasteiger partial charge in [-0.1, -0.05) is 0 Å². The Kier molecular flexibility index (Phi) is 3.71. The van der Waals surface area contributed by atoms with Gasteiger partial charge >= 0.3 is 0 Å². The quantitative estimate of drug-likeness (QED) is 0.625. The molecule has 0 aromatic heterocycles. The van der Waals surface area contributed by atoms with Crippen molar-refractivity contribution < 1.29 is 5.11 Å². The van der Waals surface area contributed by atoms with E-state index in [0.717, 1.165) is 25.8 Å². The maximum absolute atomic E-state index is 9.73. The Hall–Kier alpha value is 0.560. The van der Waals surface area contributed by atoms with E-state index >= 15 is 0 Å². The first kappa shape index (κ1) is 10.6. The van der Waals surface area contributed by atoms with Gasteiger partial charge in [0.15, 0.2) is 0 Å². The number of aliphatic hydroxyl groups excluding tert-OH is 1. The Labute approximate surface area is 83.9 Å². The van der Waals surface area contributed by atoms with E-state index in [1.807, 2.05) is 11.8 Å². The highest BCUT2D eigenvalue weighted by Gasteiger charge is 2.42. The van der Waals surface area contributed by atoms with E-state index in [4.69, 9.17) is 0 Å². The molecule has 2 fully saturated rings. The van der Waals surface area contributed by atoms with Gasteiger partial charge in [-0.2, -0.15) is 11.8 Å². The molecule has 0 aliphatic carbocycles. The third-order valence-corrected chi connectivity index (χ3v) is 3.90. The monoisotopic (exact) mass is 209 g/mol. The Morgan fingerprint density at radius 2 is 2.00 bits per heavy atom. The third-order valence-electron chi connectivity index (χ3n) is 2.92. The summed E-state index contributed by atoms with van der Waals surface area (Å²) in [6, 6.07) is 0. The van der Waals surface area contributed by atoms with Crippen LogP contribution in [0, 0.1) is 0 Å². The minimum Gasteiger partial charge on any atom is -0.391 e. The van der Waals surface area contributed by atoms with Gasteiger partial charge in [0.2, 0.25) is 0 Å². The summed E-state index contributed by atoms with van der Waals surface area (Å²) in [6.45, 7) is 1.01. The van der Waals surface area contributed by atoms with Crippen LogP contribution in [0.15, 0.2) is 0 Å². The predicted molar refractivity (Wildman–Crippen MR) is 55.2 cm³/mol. The van der Waals surface area contributed by atoms with Gasteiger partial charge in [-0.05, 0) is 37.3 Å². The van der Waals surface area contributed by atoms with Crippen molar-refractivity contribution in [2.24, 2.45) is 0 Å². The fourth-order valence-electron chi connectivity index (χ4n) is 2.10. The average molecular weight is 210 g/mol. The van der Waals surface area contributed by atoms with Crippen LogP contribution in [0.1, 0.15) is 19.3 Å². The number of thioether (sulfide) groups is 1. The summed E-state index contributed by atoms with van der Waals surface area (Å²) in [5.41, 5.74) is 0.116. The maximum Gasteiger partial charge on any atom is 0.0734 e. The van der Waals surface area contributed by atoms with Crippen molar-refractivity contribution in [1.29, 1.82) is 0 Å². The molecule has 2 N–H and O–H groups in total. The molecule has 0 aromatic rings. The molecule has 0 saturated carbocycles. The molecule has 2 aliphatic heterocycles. The Bertz CT molecular complexity index is 150. The first-order valence-corrected chi connectivity index (χ1v) is 5.50. The van der Waals surface area contributed by atoms with Crippen LogP contribution < -0.4 is 5.32 Å². The molecule has 2 saturated heterocycles. The molecule has 2 nitrogen and oxygen atoms in total. The van der Waals surface area contributed by atoms with Crippen LogP contribution in [0.3, 0.4) is 0 Å². The molecule has 0 aromatic carbocycles. The number of hydrogen-bond donors (Lipinski definition) is 2. The fraction of sp³-hybridized carbons (Fsp3) is 1.00. The standard InChI is InChI=1S/C8H15NOS.ClH/c10-7-1-4-9-8(7)2-5-11-6-3-8;/h7,9-10H,1-6H2;1H. The van der Waals surface area contributed by atoms with E-state index < -0.39 is 0 Å². The lowest BCUT2D eigenvalue weighted by Crippen LogP contribution is -2.50. The van der Waals surface area contributed by atoms with Gasteiger partial charge in [0, 0.05) is 5.54 Å². The summed E-state index contributed by atoms with van der Waals surface area (Å²) in [6.07, 6.45) is 3.17. The molecular weight excluding hydrogens is 194 g/mol. The van der Waals surface area contributed by atoms with Crippen molar-refractivity contribution in [3.05, 3.63) is 0 Å². The van der Waals surface area contributed by atoms with Gasteiger partial charge in [0.1, 0.15) is 0 Å². The first-order valence-electron chi connectivity index (χ1n) is 4.34. The van der Waals surface area contributed by atoms with Gasteiger partial charge in [-0.25, -0.2) is 0 Å². The predicted octanol–water partition coefficient (Wildman–Crippen LogP) is 1.03. The summed E-state index contributed by atoms with van der Waals surface area (Å²) in [5.74, 6) is 2.42. The van der Waals surface area contributed by atoms with E-state index in [2.05, 4.69) is 5.32 Å². The Balaban J connectivity index is 0.000000720. The summed E-state index contributed by atoms with van der Waals surface area (Å²) in [4.78, 5) is 0. The van der Waals surface area contributed by atoms with Crippen LogP contribution in [-0.2, 0) is 0 Å². The number of rotatable bonds is 0. The van der Waals surface area contributed by atoms with E-state index in [-0.39, 0.29) is 24.0 Å². The molecule has 4 heteroatoms. The van der Waals surface area contributed by atoms with Gasteiger partial charge < -0.3 is 10.4 Å². The van der Waals surface area contributed by atoms with E-state index in [1.165, 1.54) is 11.5 Å². The van der Waals surface area contributed by atoms with Crippen LogP contribution >= 0.6 is 24.2 Å². The fourth-order valence-corrected chi connectivity index (χ4v) is 3.32. The Morgan fingerprint density at radius 3 is 2.50 bits per heavy atom. The molecule has 2 aliphatic rings. The van der Waals surface area contributed by atoms with Gasteiger partial charge in [-0.15, -0.1) is 12.4 Å². The molecular formula is C8H16ClNOS. The number of aliphatic hydroxyl groups is 1. The van der Waals surface area contributed by atoms with Crippen molar-refractivity contribution in [2.45, 2.75) is 30.9 Å². The number of hydrogen-bond acceptors (Lipinski definition) is 3. The molecule has 2 heterocycles. The lowest BCUT2D eigenvalue weighted by molar-refractivity contribution is 0.0911. The van der Waals surface area contributed by atoms with Crippen LogP contribution in [0.5, 0.6) is 0 Å². The normalized spacial score (nSPS) is 33.2. The molecule has 0 amide bonds. The lowest BCUT2D eigenvalue weighted by Gasteiger charge is -2.36. The molecule has 1 spiro atoms. The molecule has 2 rings (SSSR count). The zero-order valence-electron chi connectivity index (χ0n) is 7.08. The second kappa shape index (κ2) is 4.18. The largest absolute Gasteiger partial charge is 0.391 e. The SMILES string of the molecule is Cl.OC1CCNC12CCSCC2. The second-order valence-corrected chi connectivity index (χ2v) is 4.72. The minimum absolute atomic E-state index is 0. The van der Waals surface area contributed by atoms with Gasteiger partial charge in [0.25, 0.3) is 0 Å². The third kappa shape index (κ3) is 1.74. The maximum atomic E-state index is 9.73. The topological polar surface area (TPSA) is 32.3 Å². The van der Waals surface area contributed by atoms with Crippen LogP contribution in [0.2, 0.25) is 0 Å². The van der Waals surface area contributed by atoms with Crippen molar-refractivity contribution >= 4 is 24.2 Å². The molecule has 1 atom stereocenters. The average Bonchev–Trinajstić information content (AvgIpc) is 2.36. The number of halogens is 1. The van der Waals surface area contributed by atoms with Crippen LogP contribution in [0.25, 0.3) is 0 Å². The van der Waals surface area contributed by atoms with Gasteiger partial charge in [0.05, 0.1) is 6.10 Å². The first-order chi connectivity index (χ1) is 5.33. The van der Waals surface area contributed by atoms with Crippen LogP contribution in [0.4, 0.5) is 0 Å². The van der Waals surface area contributed by atoms with Crippen LogP contribution in [-0.4, -0.2) is 34.8 Å². The molecule has 12 heavy (non-hydrogen) atoms. The summed E-state index contributed by atoms with van der Waals surface area (Å²) < 4.78 is 0. The minimum atomic E-state index is -0.0802. The second-order valence-electron chi connectivity index (χ2n) is 3.50. The molecule has 72 valence electrons. The summed E-state index contributed by atoms with van der Waals surface area (Å²) in [7, 11) is 0. The smallest absolute Gasteiger partial charge is 0.0734 e. The van der Waals surface area contributed by atoms with E-state index in [0.29, 0.717) is 0 Å². The Morgan fingerprint density at radius 1 is 1.33 bits per heavy atom. The summed E-state index contributed by atoms with van der Waals surface area (Å²) in [5, 5.41) is 13.2. The van der Waals surface area contributed by atoms with E-state index in [1.54, 1.807) is 0 Å². The van der Waals surface area contributed by atoms with E-state index in [9.17, 15) is 5.11 Å². The number of nitrogens with one attached hydrogen (secondary N) is 1. The van der Waals surface area contributed by atoms with Gasteiger partial charge in [-0.3, -0.25) is 0 Å². The highest BCUT2D eigenvalue weighted by atomic mass is 35.5. The molecule has 0 bridgehead atoms. The highest BCUT2D eigenvalue weighted by molar-refractivity contribution is 7.99. The summed E-state index contributed by atoms with van der Waals surface area (Å²) >= 11 is 2.01. The highest BCUT2D eigenvalue weighted by Crippen LogP contribution is 2.33. The zero-order chi connectivity index (χ0) is 7.73. The van der Waals surface area contributed by atoms with Crippen molar-refractivity contribution in [3.63, 3.8) is 0 Å². The lowest BCUT2D eigenvalue weighted by atomic mass is 9.88. The molecule has 1 unspecified atom stereocenters.